The summed E-state index contributed by atoms with van der Waals surface area (Å²) in [6.45, 7) is 0. The molecule has 1 aliphatic rings. The van der Waals surface area contributed by atoms with E-state index in [4.69, 9.17) is 4.74 Å². The van der Waals surface area contributed by atoms with Gasteiger partial charge in [-0.3, -0.25) is 0 Å². The lowest BCUT2D eigenvalue weighted by Crippen LogP contribution is -2.11. The SMILES string of the molecule is CN(C)c1ccccc1OC1CC1. The molecule has 0 bridgehead atoms. The van der Waals surface area contributed by atoms with Crippen molar-refractivity contribution in [3.8, 4) is 5.75 Å². The molecule has 70 valence electrons. The topological polar surface area (TPSA) is 12.5 Å². The second-order valence-electron chi connectivity index (χ2n) is 3.68. The summed E-state index contributed by atoms with van der Waals surface area (Å²) in [5.74, 6) is 1.01. The van der Waals surface area contributed by atoms with E-state index >= 15 is 0 Å². The maximum absolute atomic E-state index is 5.78. The van der Waals surface area contributed by atoms with E-state index in [0.29, 0.717) is 6.10 Å². The van der Waals surface area contributed by atoms with Crippen LogP contribution in [0, 0.1) is 0 Å². The zero-order valence-corrected chi connectivity index (χ0v) is 8.16. The molecule has 13 heavy (non-hydrogen) atoms. The Labute approximate surface area is 79.1 Å². The number of hydrogen-bond acceptors (Lipinski definition) is 2. The van der Waals surface area contributed by atoms with Gasteiger partial charge in [0.2, 0.25) is 0 Å². The van der Waals surface area contributed by atoms with Crippen LogP contribution in [0.1, 0.15) is 12.8 Å². The van der Waals surface area contributed by atoms with Crippen molar-refractivity contribution < 1.29 is 4.74 Å². The van der Waals surface area contributed by atoms with Gasteiger partial charge in [0.05, 0.1) is 11.8 Å². The maximum Gasteiger partial charge on any atom is 0.142 e. The molecule has 1 aromatic rings. The van der Waals surface area contributed by atoms with E-state index in [1.165, 1.54) is 12.8 Å². The van der Waals surface area contributed by atoms with Crippen LogP contribution >= 0.6 is 0 Å². The number of para-hydroxylation sites is 2. The molecule has 1 fully saturated rings. The van der Waals surface area contributed by atoms with Gasteiger partial charge in [-0.1, -0.05) is 12.1 Å². The average molecular weight is 177 g/mol. The largest absolute Gasteiger partial charge is 0.488 e. The third-order valence-electron chi connectivity index (χ3n) is 2.17. The molecule has 1 aromatic carbocycles. The van der Waals surface area contributed by atoms with Crippen LogP contribution in [0.25, 0.3) is 0 Å². The van der Waals surface area contributed by atoms with E-state index in [0.717, 1.165) is 11.4 Å². The van der Waals surface area contributed by atoms with Gasteiger partial charge in [-0.2, -0.15) is 0 Å². The molecule has 2 rings (SSSR count). The second kappa shape index (κ2) is 3.29. The lowest BCUT2D eigenvalue weighted by Gasteiger charge is -2.17. The molecule has 0 saturated heterocycles. The van der Waals surface area contributed by atoms with E-state index in [1.54, 1.807) is 0 Å². The Morgan fingerprint density at radius 3 is 2.54 bits per heavy atom. The summed E-state index contributed by atoms with van der Waals surface area (Å²) >= 11 is 0. The minimum atomic E-state index is 0.473. The zero-order valence-electron chi connectivity index (χ0n) is 8.16. The maximum atomic E-state index is 5.78. The Bertz CT molecular complexity index is 292. The predicted molar refractivity (Wildman–Crippen MR) is 54.4 cm³/mol. The van der Waals surface area contributed by atoms with Gasteiger partial charge >= 0.3 is 0 Å². The van der Waals surface area contributed by atoms with Gasteiger partial charge in [0, 0.05) is 14.1 Å². The van der Waals surface area contributed by atoms with Crippen molar-refractivity contribution in [2.24, 2.45) is 0 Å². The summed E-state index contributed by atoms with van der Waals surface area (Å²) in [6.07, 6.45) is 2.89. The van der Waals surface area contributed by atoms with Crippen molar-refractivity contribution in [2.45, 2.75) is 18.9 Å². The number of anilines is 1. The fourth-order valence-electron chi connectivity index (χ4n) is 1.29. The highest BCUT2D eigenvalue weighted by Gasteiger charge is 2.24. The normalized spacial score (nSPS) is 15.5. The van der Waals surface area contributed by atoms with E-state index in [-0.39, 0.29) is 0 Å². The van der Waals surface area contributed by atoms with Crippen LogP contribution in [0.15, 0.2) is 24.3 Å². The Balaban J connectivity index is 2.20. The molecule has 1 saturated carbocycles. The molecule has 0 aromatic heterocycles. The standard InChI is InChI=1S/C11H15NO/c1-12(2)10-5-3-4-6-11(10)13-9-7-8-9/h3-6,9H,7-8H2,1-2H3. The molecule has 2 nitrogen and oxygen atoms in total. The first-order valence-corrected chi connectivity index (χ1v) is 4.70. The zero-order chi connectivity index (χ0) is 9.26. The van der Waals surface area contributed by atoms with E-state index in [2.05, 4.69) is 11.0 Å². The minimum Gasteiger partial charge on any atom is -0.488 e. The Hall–Kier alpha value is -1.18. The predicted octanol–water partition coefficient (Wildman–Crippen LogP) is 2.29. The molecule has 0 unspecified atom stereocenters. The third-order valence-corrected chi connectivity index (χ3v) is 2.17. The molecular weight excluding hydrogens is 162 g/mol. The molecule has 0 aliphatic heterocycles. The molecule has 1 aliphatic carbocycles. The van der Waals surface area contributed by atoms with Gasteiger partial charge < -0.3 is 9.64 Å². The van der Waals surface area contributed by atoms with Crippen LogP contribution in [-0.4, -0.2) is 20.2 Å². The summed E-state index contributed by atoms with van der Waals surface area (Å²) in [5, 5.41) is 0. The van der Waals surface area contributed by atoms with Crippen molar-refractivity contribution in [2.75, 3.05) is 19.0 Å². The van der Waals surface area contributed by atoms with Gasteiger partial charge in [-0.05, 0) is 25.0 Å². The van der Waals surface area contributed by atoms with E-state index in [1.807, 2.05) is 32.3 Å². The molecule has 0 spiro atoms. The van der Waals surface area contributed by atoms with Crippen molar-refractivity contribution in [3.63, 3.8) is 0 Å². The molecule has 2 heteroatoms. The highest BCUT2D eigenvalue weighted by atomic mass is 16.5. The first kappa shape index (κ1) is 8.42. The smallest absolute Gasteiger partial charge is 0.142 e. The minimum absolute atomic E-state index is 0.473. The summed E-state index contributed by atoms with van der Waals surface area (Å²) in [6, 6.07) is 8.17. The summed E-state index contributed by atoms with van der Waals surface area (Å²) in [7, 11) is 4.07. The number of rotatable bonds is 3. The van der Waals surface area contributed by atoms with Gasteiger partial charge in [0.15, 0.2) is 0 Å². The van der Waals surface area contributed by atoms with Crippen LogP contribution in [0.4, 0.5) is 5.69 Å². The number of ether oxygens (including phenoxy) is 1. The molecule has 0 amide bonds. The molecule has 0 radical (unpaired) electrons. The summed E-state index contributed by atoms with van der Waals surface area (Å²) < 4.78 is 5.78. The molecule has 0 atom stereocenters. The molecule has 0 N–H and O–H groups in total. The van der Waals surface area contributed by atoms with Crippen LogP contribution in [0.3, 0.4) is 0 Å². The quantitative estimate of drug-likeness (QED) is 0.702. The van der Waals surface area contributed by atoms with E-state index < -0.39 is 0 Å². The Morgan fingerprint density at radius 1 is 1.23 bits per heavy atom. The second-order valence-corrected chi connectivity index (χ2v) is 3.68. The first-order valence-electron chi connectivity index (χ1n) is 4.70. The number of hydrogen-bond donors (Lipinski definition) is 0. The lowest BCUT2D eigenvalue weighted by atomic mass is 10.3. The van der Waals surface area contributed by atoms with Crippen molar-refractivity contribution in [1.82, 2.24) is 0 Å². The lowest BCUT2D eigenvalue weighted by molar-refractivity contribution is 0.304. The molecule has 0 heterocycles. The fraction of sp³-hybridized carbons (Fsp3) is 0.455. The Kier molecular flexibility index (Phi) is 2.13. The Morgan fingerprint density at radius 2 is 1.92 bits per heavy atom. The van der Waals surface area contributed by atoms with Crippen molar-refractivity contribution >= 4 is 5.69 Å². The average Bonchev–Trinajstić information content (AvgIpc) is 2.89. The third kappa shape index (κ3) is 1.94. The van der Waals surface area contributed by atoms with Gasteiger partial charge in [0.25, 0.3) is 0 Å². The summed E-state index contributed by atoms with van der Waals surface area (Å²) in [4.78, 5) is 2.08. The summed E-state index contributed by atoms with van der Waals surface area (Å²) in [5.41, 5.74) is 1.16. The van der Waals surface area contributed by atoms with Crippen LogP contribution in [-0.2, 0) is 0 Å². The molecular formula is C11H15NO. The van der Waals surface area contributed by atoms with Crippen LogP contribution < -0.4 is 9.64 Å². The van der Waals surface area contributed by atoms with E-state index in [9.17, 15) is 0 Å². The van der Waals surface area contributed by atoms with Gasteiger partial charge in [-0.15, -0.1) is 0 Å². The van der Waals surface area contributed by atoms with Crippen molar-refractivity contribution in [3.05, 3.63) is 24.3 Å². The van der Waals surface area contributed by atoms with Gasteiger partial charge in [-0.25, -0.2) is 0 Å². The van der Waals surface area contributed by atoms with Crippen LogP contribution in [0.5, 0.6) is 5.75 Å². The fourth-order valence-corrected chi connectivity index (χ4v) is 1.29. The van der Waals surface area contributed by atoms with Crippen LogP contribution in [0.2, 0.25) is 0 Å². The van der Waals surface area contributed by atoms with Gasteiger partial charge in [0.1, 0.15) is 5.75 Å². The highest BCUT2D eigenvalue weighted by molar-refractivity contribution is 5.57. The number of nitrogens with zero attached hydrogens (tertiary/aromatic N) is 1. The monoisotopic (exact) mass is 177 g/mol. The number of benzene rings is 1. The van der Waals surface area contributed by atoms with Crippen molar-refractivity contribution in [1.29, 1.82) is 0 Å². The first-order chi connectivity index (χ1) is 6.27. The highest BCUT2D eigenvalue weighted by Crippen LogP contribution is 2.32.